The number of hydrogen-bond acceptors (Lipinski definition) is 6. The van der Waals surface area contributed by atoms with Gasteiger partial charge in [0, 0.05) is 11.5 Å². The lowest BCUT2D eigenvalue weighted by molar-refractivity contribution is 0.0643. The Kier molecular flexibility index (Phi) is 4.55. The molecule has 2 aromatic heterocycles. The monoisotopic (exact) mass is 281 g/mol. The summed E-state index contributed by atoms with van der Waals surface area (Å²) in [6.07, 6.45) is 0.900. The molecule has 2 heterocycles. The molecule has 19 heavy (non-hydrogen) atoms. The van der Waals surface area contributed by atoms with E-state index in [4.69, 9.17) is 15.2 Å². The molecule has 0 aliphatic heterocycles. The number of nitrogens with zero attached hydrogens (tertiary/aromatic N) is 2. The summed E-state index contributed by atoms with van der Waals surface area (Å²) in [6.45, 7) is 7.23. The van der Waals surface area contributed by atoms with Gasteiger partial charge in [0.1, 0.15) is 10.9 Å². The number of aryl methyl sites for hydroxylation is 1. The van der Waals surface area contributed by atoms with Gasteiger partial charge in [-0.1, -0.05) is 6.92 Å². The molecule has 1 atom stereocenters. The Morgan fingerprint density at radius 3 is 2.84 bits per heavy atom. The first-order valence-electron chi connectivity index (χ1n) is 6.44. The number of fused-ring (bicyclic) bond motifs is 1. The Balaban J connectivity index is 2.28. The Labute approximate surface area is 116 Å². The van der Waals surface area contributed by atoms with Crippen LogP contribution < -0.4 is 10.5 Å². The molecule has 0 aromatic carbocycles. The quantitative estimate of drug-likeness (QED) is 0.881. The number of anilines is 1. The molecule has 0 saturated carbocycles. The van der Waals surface area contributed by atoms with E-state index in [-0.39, 0.29) is 12.1 Å². The van der Waals surface area contributed by atoms with Crippen LogP contribution in [0.3, 0.4) is 0 Å². The number of aromatic nitrogens is 2. The molecule has 0 aliphatic carbocycles. The van der Waals surface area contributed by atoms with Crippen molar-refractivity contribution in [2.45, 2.75) is 33.3 Å². The zero-order chi connectivity index (χ0) is 13.8. The van der Waals surface area contributed by atoms with Gasteiger partial charge in [-0.05, 0) is 26.3 Å². The lowest BCUT2D eigenvalue weighted by atomic mass is 10.3. The summed E-state index contributed by atoms with van der Waals surface area (Å²) in [5.41, 5.74) is 5.72. The second kappa shape index (κ2) is 6.16. The smallest absolute Gasteiger partial charge is 0.227 e. The van der Waals surface area contributed by atoms with Gasteiger partial charge in [0.05, 0.1) is 12.0 Å². The number of rotatable bonds is 6. The van der Waals surface area contributed by atoms with Crippen LogP contribution in [0.5, 0.6) is 5.88 Å². The standard InChI is InChI=1S/C13H19N3O2S/c1-4-9-6-10-11(18-8(3)7-17-5-2)15-13(14)16-12(10)19-9/h6,8H,4-5,7H2,1-3H3,(H2,14,15,16). The summed E-state index contributed by atoms with van der Waals surface area (Å²) in [4.78, 5) is 10.6. The van der Waals surface area contributed by atoms with Crippen molar-refractivity contribution in [3.05, 3.63) is 10.9 Å². The molecule has 6 heteroatoms. The Hall–Kier alpha value is -1.40. The number of hydrogen-bond donors (Lipinski definition) is 1. The Morgan fingerprint density at radius 1 is 1.37 bits per heavy atom. The van der Waals surface area contributed by atoms with E-state index in [1.165, 1.54) is 4.88 Å². The minimum absolute atomic E-state index is 0.0672. The van der Waals surface area contributed by atoms with Crippen LogP contribution in [-0.4, -0.2) is 29.3 Å². The van der Waals surface area contributed by atoms with Gasteiger partial charge in [-0.2, -0.15) is 4.98 Å². The van der Waals surface area contributed by atoms with Crippen LogP contribution in [0.25, 0.3) is 10.2 Å². The highest BCUT2D eigenvalue weighted by atomic mass is 32.1. The third-order valence-corrected chi connectivity index (χ3v) is 3.82. The summed E-state index contributed by atoms with van der Waals surface area (Å²) >= 11 is 1.63. The van der Waals surface area contributed by atoms with Gasteiger partial charge in [-0.15, -0.1) is 11.3 Å². The number of nitrogens with two attached hydrogens (primary N) is 1. The van der Waals surface area contributed by atoms with Gasteiger partial charge in [-0.25, -0.2) is 4.98 Å². The molecule has 2 N–H and O–H groups in total. The topological polar surface area (TPSA) is 70.3 Å². The van der Waals surface area contributed by atoms with Crippen molar-refractivity contribution in [3.63, 3.8) is 0 Å². The molecule has 0 spiro atoms. The van der Waals surface area contributed by atoms with E-state index >= 15 is 0 Å². The van der Waals surface area contributed by atoms with Gasteiger partial charge in [0.25, 0.3) is 0 Å². The fourth-order valence-electron chi connectivity index (χ4n) is 1.73. The first-order valence-corrected chi connectivity index (χ1v) is 7.26. The minimum Gasteiger partial charge on any atom is -0.472 e. The van der Waals surface area contributed by atoms with Gasteiger partial charge in [-0.3, -0.25) is 0 Å². The molecule has 2 rings (SSSR count). The van der Waals surface area contributed by atoms with E-state index < -0.39 is 0 Å². The number of thiophene rings is 1. The van der Waals surface area contributed by atoms with Crippen LogP contribution in [0.2, 0.25) is 0 Å². The van der Waals surface area contributed by atoms with Crippen molar-refractivity contribution in [2.75, 3.05) is 18.9 Å². The molecule has 0 aliphatic rings. The molecular weight excluding hydrogens is 262 g/mol. The molecule has 0 fully saturated rings. The fraction of sp³-hybridized carbons (Fsp3) is 0.538. The largest absolute Gasteiger partial charge is 0.472 e. The number of nitrogen functional groups attached to an aromatic ring is 1. The van der Waals surface area contributed by atoms with E-state index in [1.807, 2.05) is 13.8 Å². The summed E-state index contributed by atoms with van der Waals surface area (Å²) in [6, 6.07) is 2.07. The molecule has 0 radical (unpaired) electrons. The highest BCUT2D eigenvalue weighted by Gasteiger charge is 2.14. The van der Waals surface area contributed by atoms with Gasteiger partial charge in [0.15, 0.2) is 0 Å². The maximum Gasteiger partial charge on any atom is 0.227 e. The van der Waals surface area contributed by atoms with Crippen molar-refractivity contribution >= 4 is 27.5 Å². The predicted molar refractivity (Wildman–Crippen MR) is 77.8 cm³/mol. The highest BCUT2D eigenvalue weighted by Crippen LogP contribution is 2.31. The van der Waals surface area contributed by atoms with Gasteiger partial charge >= 0.3 is 0 Å². The van der Waals surface area contributed by atoms with Crippen molar-refractivity contribution in [3.8, 4) is 5.88 Å². The fourth-order valence-corrected chi connectivity index (χ4v) is 2.70. The zero-order valence-corrected chi connectivity index (χ0v) is 12.3. The summed E-state index contributed by atoms with van der Waals surface area (Å²) < 4.78 is 11.2. The molecule has 0 saturated heterocycles. The van der Waals surface area contributed by atoms with Crippen LogP contribution in [0.4, 0.5) is 5.95 Å². The van der Waals surface area contributed by atoms with E-state index in [2.05, 4.69) is 23.0 Å². The summed E-state index contributed by atoms with van der Waals surface area (Å²) in [5.74, 6) is 0.793. The third kappa shape index (κ3) is 3.33. The second-order valence-corrected chi connectivity index (χ2v) is 5.38. The highest BCUT2D eigenvalue weighted by molar-refractivity contribution is 7.18. The maximum atomic E-state index is 5.82. The molecule has 2 aromatic rings. The van der Waals surface area contributed by atoms with Crippen LogP contribution >= 0.6 is 11.3 Å². The van der Waals surface area contributed by atoms with Gasteiger partial charge in [0.2, 0.25) is 11.8 Å². The van der Waals surface area contributed by atoms with Crippen molar-refractivity contribution in [1.82, 2.24) is 9.97 Å². The summed E-state index contributed by atoms with van der Waals surface area (Å²) in [5, 5.41) is 0.930. The molecule has 0 bridgehead atoms. The molecule has 0 amide bonds. The van der Waals surface area contributed by atoms with E-state index in [1.54, 1.807) is 11.3 Å². The summed E-state index contributed by atoms with van der Waals surface area (Å²) in [7, 11) is 0. The zero-order valence-electron chi connectivity index (χ0n) is 11.5. The predicted octanol–water partition coefficient (Wildman–Crippen LogP) is 2.64. The molecular formula is C13H19N3O2S. The third-order valence-electron chi connectivity index (χ3n) is 2.64. The van der Waals surface area contributed by atoms with Crippen molar-refractivity contribution in [2.24, 2.45) is 0 Å². The van der Waals surface area contributed by atoms with Crippen molar-refractivity contribution in [1.29, 1.82) is 0 Å². The molecule has 1 unspecified atom stereocenters. The van der Waals surface area contributed by atoms with Gasteiger partial charge < -0.3 is 15.2 Å². The minimum atomic E-state index is -0.0672. The average molecular weight is 281 g/mol. The normalized spacial score (nSPS) is 12.8. The first-order chi connectivity index (χ1) is 9.13. The lowest BCUT2D eigenvalue weighted by Crippen LogP contribution is -2.20. The Morgan fingerprint density at radius 2 is 2.16 bits per heavy atom. The number of ether oxygens (including phenoxy) is 2. The van der Waals surface area contributed by atoms with Crippen LogP contribution in [-0.2, 0) is 11.2 Å². The van der Waals surface area contributed by atoms with E-state index in [9.17, 15) is 0 Å². The maximum absolute atomic E-state index is 5.82. The van der Waals surface area contributed by atoms with Crippen LogP contribution in [0.1, 0.15) is 25.6 Å². The van der Waals surface area contributed by atoms with Crippen molar-refractivity contribution < 1.29 is 9.47 Å². The van der Waals surface area contributed by atoms with Crippen LogP contribution in [0, 0.1) is 0 Å². The lowest BCUT2D eigenvalue weighted by Gasteiger charge is -2.14. The first kappa shape index (κ1) is 14.0. The average Bonchev–Trinajstić information content (AvgIpc) is 2.79. The molecule has 5 nitrogen and oxygen atoms in total. The van der Waals surface area contributed by atoms with E-state index in [0.717, 1.165) is 16.6 Å². The second-order valence-electron chi connectivity index (χ2n) is 4.26. The Bertz CT molecular complexity index is 556. The van der Waals surface area contributed by atoms with Crippen LogP contribution in [0.15, 0.2) is 6.07 Å². The molecule has 104 valence electrons. The SMILES string of the molecule is CCOCC(C)Oc1nc(N)nc2sc(CC)cc12. The van der Waals surface area contributed by atoms with E-state index in [0.29, 0.717) is 19.1 Å².